The van der Waals surface area contributed by atoms with Gasteiger partial charge < -0.3 is 5.73 Å². The summed E-state index contributed by atoms with van der Waals surface area (Å²) in [6.07, 6.45) is 2.99. The van der Waals surface area contributed by atoms with Crippen molar-refractivity contribution in [3.05, 3.63) is 16.6 Å². The first-order valence-electron chi connectivity index (χ1n) is 3.94. The third-order valence-electron chi connectivity index (χ3n) is 2.60. The molecule has 1 aromatic heterocycles. The SMILES string of the molecule is CC1C(N)CC1c1nccs1. The average Bonchev–Trinajstić information content (AvgIpc) is 2.51. The van der Waals surface area contributed by atoms with Gasteiger partial charge in [-0.25, -0.2) is 4.98 Å². The average molecular weight is 168 g/mol. The van der Waals surface area contributed by atoms with Gasteiger partial charge >= 0.3 is 0 Å². The molecule has 0 bridgehead atoms. The second-order valence-corrected chi connectivity index (χ2v) is 4.16. The van der Waals surface area contributed by atoms with Gasteiger partial charge in [0.15, 0.2) is 0 Å². The van der Waals surface area contributed by atoms with E-state index in [1.807, 2.05) is 11.6 Å². The van der Waals surface area contributed by atoms with Crippen LogP contribution in [0.5, 0.6) is 0 Å². The lowest BCUT2D eigenvalue weighted by Gasteiger charge is -2.39. The quantitative estimate of drug-likeness (QED) is 0.691. The Morgan fingerprint density at radius 1 is 1.73 bits per heavy atom. The van der Waals surface area contributed by atoms with Gasteiger partial charge in [0.1, 0.15) is 0 Å². The minimum atomic E-state index is 0.406. The summed E-state index contributed by atoms with van der Waals surface area (Å²) in [5.41, 5.74) is 5.80. The molecule has 1 aromatic rings. The minimum absolute atomic E-state index is 0.406. The van der Waals surface area contributed by atoms with Crippen LogP contribution in [0.2, 0.25) is 0 Å². The lowest BCUT2D eigenvalue weighted by atomic mass is 9.71. The van der Waals surface area contributed by atoms with Crippen molar-refractivity contribution < 1.29 is 0 Å². The second kappa shape index (κ2) is 2.57. The fourth-order valence-corrected chi connectivity index (χ4v) is 2.44. The molecule has 3 atom stereocenters. The molecule has 60 valence electrons. The Bertz CT molecular complexity index is 232. The first kappa shape index (κ1) is 7.25. The molecular weight excluding hydrogens is 156 g/mol. The van der Waals surface area contributed by atoms with Gasteiger partial charge in [0.2, 0.25) is 0 Å². The van der Waals surface area contributed by atoms with Crippen LogP contribution in [-0.4, -0.2) is 11.0 Å². The van der Waals surface area contributed by atoms with Crippen LogP contribution in [0.1, 0.15) is 24.3 Å². The van der Waals surface area contributed by atoms with E-state index in [-0.39, 0.29) is 0 Å². The molecule has 1 aliphatic carbocycles. The highest BCUT2D eigenvalue weighted by Crippen LogP contribution is 2.41. The largest absolute Gasteiger partial charge is 0.327 e. The molecule has 11 heavy (non-hydrogen) atoms. The molecule has 1 aliphatic rings. The van der Waals surface area contributed by atoms with Gasteiger partial charge in [-0.1, -0.05) is 6.92 Å². The molecular formula is C8H12N2S. The van der Waals surface area contributed by atoms with Crippen LogP contribution in [0.25, 0.3) is 0 Å². The number of hydrogen-bond acceptors (Lipinski definition) is 3. The van der Waals surface area contributed by atoms with E-state index >= 15 is 0 Å². The predicted octanol–water partition coefficient (Wildman–Crippen LogP) is 1.59. The summed E-state index contributed by atoms with van der Waals surface area (Å²) >= 11 is 1.75. The van der Waals surface area contributed by atoms with Crippen LogP contribution >= 0.6 is 11.3 Å². The van der Waals surface area contributed by atoms with Crippen LogP contribution in [-0.2, 0) is 0 Å². The lowest BCUT2D eigenvalue weighted by Crippen LogP contribution is -2.44. The number of hydrogen-bond donors (Lipinski definition) is 1. The number of thiazole rings is 1. The van der Waals surface area contributed by atoms with Crippen molar-refractivity contribution in [1.82, 2.24) is 4.98 Å². The van der Waals surface area contributed by atoms with Crippen LogP contribution < -0.4 is 5.73 Å². The molecule has 0 saturated heterocycles. The summed E-state index contributed by atoms with van der Waals surface area (Å²) in [5, 5.41) is 3.30. The zero-order valence-corrected chi connectivity index (χ0v) is 7.34. The Balaban J connectivity index is 2.10. The normalized spacial score (nSPS) is 36.7. The van der Waals surface area contributed by atoms with Crippen molar-refractivity contribution in [3.63, 3.8) is 0 Å². The van der Waals surface area contributed by atoms with Gasteiger partial charge in [0, 0.05) is 23.5 Å². The molecule has 0 amide bonds. The maximum Gasteiger partial charge on any atom is 0.0959 e. The summed E-state index contributed by atoms with van der Waals surface area (Å²) in [7, 11) is 0. The zero-order valence-electron chi connectivity index (χ0n) is 6.53. The van der Waals surface area contributed by atoms with Crippen LogP contribution in [0.15, 0.2) is 11.6 Å². The van der Waals surface area contributed by atoms with E-state index in [4.69, 9.17) is 5.73 Å². The lowest BCUT2D eigenvalue weighted by molar-refractivity contribution is 0.226. The fraction of sp³-hybridized carbons (Fsp3) is 0.625. The van der Waals surface area contributed by atoms with Gasteiger partial charge in [0.05, 0.1) is 5.01 Å². The Labute approximate surface area is 70.5 Å². The van der Waals surface area contributed by atoms with Gasteiger partial charge in [-0.05, 0) is 12.3 Å². The molecule has 0 aliphatic heterocycles. The molecule has 3 heteroatoms. The summed E-state index contributed by atoms with van der Waals surface area (Å²) in [4.78, 5) is 4.29. The van der Waals surface area contributed by atoms with E-state index in [1.165, 1.54) is 5.01 Å². The first-order valence-corrected chi connectivity index (χ1v) is 4.82. The van der Waals surface area contributed by atoms with Crippen LogP contribution in [0.3, 0.4) is 0 Å². The topological polar surface area (TPSA) is 38.9 Å². The standard InChI is InChI=1S/C8H12N2S/c1-5-6(4-7(5)9)8-10-2-3-11-8/h2-3,5-7H,4,9H2,1H3. The molecule has 1 heterocycles. The summed E-state index contributed by atoms with van der Waals surface area (Å²) in [5.74, 6) is 1.27. The van der Waals surface area contributed by atoms with E-state index in [0.717, 1.165) is 6.42 Å². The molecule has 0 aromatic carbocycles. The van der Waals surface area contributed by atoms with E-state index < -0.39 is 0 Å². The minimum Gasteiger partial charge on any atom is -0.327 e. The highest BCUT2D eigenvalue weighted by molar-refractivity contribution is 7.09. The van der Waals surface area contributed by atoms with Crippen molar-refractivity contribution in [1.29, 1.82) is 0 Å². The van der Waals surface area contributed by atoms with E-state index in [2.05, 4.69) is 11.9 Å². The summed E-state index contributed by atoms with van der Waals surface area (Å²) < 4.78 is 0. The molecule has 0 spiro atoms. The highest BCUT2D eigenvalue weighted by atomic mass is 32.1. The predicted molar refractivity (Wildman–Crippen MR) is 46.6 cm³/mol. The number of nitrogens with zero attached hydrogens (tertiary/aromatic N) is 1. The molecule has 2 N–H and O–H groups in total. The fourth-order valence-electron chi connectivity index (χ4n) is 1.57. The van der Waals surface area contributed by atoms with E-state index in [1.54, 1.807) is 11.3 Å². The van der Waals surface area contributed by atoms with Crippen molar-refractivity contribution >= 4 is 11.3 Å². The van der Waals surface area contributed by atoms with Crippen molar-refractivity contribution in [2.75, 3.05) is 0 Å². The van der Waals surface area contributed by atoms with Crippen molar-refractivity contribution in [2.24, 2.45) is 11.7 Å². The van der Waals surface area contributed by atoms with Crippen LogP contribution in [0, 0.1) is 5.92 Å². The number of nitrogens with two attached hydrogens (primary N) is 1. The maximum atomic E-state index is 5.80. The first-order chi connectivity index (χ1) is 5.29. The molecule has 2 rings (SSSR count). The number of aromatic nitrogens is 1. The Kier molecular flexibility index (Phi) is 1.69. The summed E-state index contributed by atoms with van der Waals surface area (Å²) in [6, 6.07) is 0.406. The smallest absolute Gasteiger partial charge is 0.0959 e. The third-order valence-corrected chi connectivity index (χ3v) is 3.51. The Morgan fingerprint density at radius 3 is 3.00 bits per heavy atom. The third kappa shape index (κ3) is 1.08. The van der Waals surface area contributed by atoms with Crippen molar-refractivity contribution in [3.8, 4) is 0 Å². The van der Waals surface area contributed by atoms with Crippen LogP contribution in [0.4, 0.5) is 0 Å². The maximum absolute atomic E-state index is 5.80. The van der Waals surface area contributed by atoms with Gasteiger partial charge in [-0.15, -0.1) is 11.3 Å². The highest BCUT2D eigenvalue weighted by Gasteiger charge is 2.37. The van der Waals surface area contributed by atoms with Gasteiger partial charge in [-0.3, -0.25) is 0 Å². The second-order valence-electron chi connectivity index (χ2n) is 3.24. The molecule has 2 nitrogen and oxygen atoms in total. The van der Waals surface area contributed by atoms with Crippen molar-refractivity contribution in [2.45, 2.75) is 25.3 Å². The Morgan fingerprint density at radius 2 is 2.55 bits per heavy atom. The zero-order chi connectivity index (χ0) is 7.84. The van der Waals surface area contributed by atoms with Gasteiger partial charge in [-0.2, -0.15) is 0 Å². The summed E-state index contributed by atoms with van der Waals surface area (Å²) in [6.45, 7) is 2.21. The van der Waals surface area contributed by atoms with Gasteiger partial charge in [0.25, 0.3) is 0 Å². The molecule has 3 unspecified atom stereocenters. The molecule has 0 radical (unpaired) electrons. The Hall–Kier alpha value is -0.410. The number of rotatable bonds is 1. The monoisotopic (exact) mass is 168 g/mol. The van der Waals surface area contributed by atoms with E-state index in [9.17, 15) is 0 Å². The van der Waals surface area contributed by atoms with E-state index in [0.29, 0.717) is 17.9 Å². The molecule has 1 saturated carbocycles. The molecule has 1 fully saturated rings.